The Balaban J connectivity index is 1.31. The molecule has 4 bridgehead atoms. The Hall–Kier alpha value is -4.58. The minimum atomic E-state index is -0.531. The van der Waals surface area contributed by atoms with E-state index in [0.717, 1.165) is 22.4 Å². The van der Waals surface area contributed by atoms with Crippen LogP contribution >= 0.6 is 0 Å². The summed E-state index contributed by atoms with van der Waals surface area (Å²) in [5.74, 6) is 0.663. The monoisotopic (exact) mass is 575 g/mol. The molecule has 0 saturated carbocycles. The highest BCUT2D eigenvalue weighted by atomic mass is 16.5. The molecule has 2 atom stereocenters. The van der Waals surface area contributed by atoms with Gasteiger partial charge in [0.15, 0.2) is 12.3 Å². The molecular weight excluding hydrogens is 542 g/mol. The van der Waals surface area contributed by atoms with Gasteiger partial charge in [-0.2, -0.15) is 5.10 Å². The molecule has 5 heterocycles. The molecule has 12 nitrogen and oxygen atoms in total. The zero-order chi connectivity index (χ0) is 29.2. The van der Waals surface area contributed by atoms with Crippen LogP contribution in [0.5, 0.6) is 17.2 Å². The van der Waals surface area contributed by atoms with E-state index in [4.69, 9.17) is 18.9 Å². The highest BCUT2D eigenvalue weighted by Crippen LogP contribution is 2.29. The van der Waals surface area contributed by atoms with Crippen molar-refractivity contribution in [2.45, 2.75) is 45.1 Å². The second-order valence-electron chi connectivity index (χ2n) is 10.6. The molecule has 42 heavy (non-hydrogen) atoms. The summed E-state index contributed by atoms with van der Waals surface area (Å²) in [6.45, 7) is 3.45. The van der Waals surface area contributed by atoms with Gasteiger partial charge in [0.1, 0.15) is 23.4 Å². The van der Waals surface area contributed by atoms with E-state index in [2.05, 4.69) is 20.8 Å². The summed E-state index contributed by atoms with van der Waals surface area (Å²) in [7, 11) is 1.55. The van der Waals surface area contributed by atoms with E-state index in [1.54, 1.807) is 42.3 Å². The highest BCUT2D eigenvalue weighted by molar-refractivity contribution is 5.96. The quantitative estimate of drug-likeness (QED) is 0.420. The van der Waals surface area contributed by atoms with Gasteiger partial charge in [0.25, 0.3) is 17.7 Å². The van der Waals surface area contributed by atoms with Crippen LogP contribution in [0.3, 0.4) is 0 Å². The molecule has 0 aliphatic carbocycles. The number of aromatic amines is 1. The van der Waals surface area contributed by atoms with Gasteiger partial charge >= 0.3 is 0 Å². The van der Waals surface area contributed by atoms with Gasteiger partial charge in [-0.3, -0.25) is 19.5 Å². The maximum atomic E-state index is 13.6. The van der Waals surface area contributed by atoms with Crippen LogP contribution in [0.1, 0.15) is 49.7 Å². The summed E-state index contributed by atoms with van der Waals surface area (Å²) in [5, 5.41) is 13.2. The van der Waals surface area contributed by atoms with Crippen molar-refractivity contribution in [1.82, 2.24) is 25.7 Å². The number of methoxy groups -OCH3 is 1. The Labute approximate surface area is 242 Å². The van der Waals surface area contributed by atoms with Crippen molar-refractivity contribution in [3.63, 3.8) is 0 Å². The fourth-order valence-electron chi connectivity index (χ4n) is 5.49. The molecule has 3 amide bonds. The lowest BCUT2D eigenvalue weighted by Crippen LogP contribution is -2.58. The van der Waals surface area contributed by atoms with E-state index in [9.17, 15) is 14.4 Å². The number of H-pyrrole nitrogens is 1. The molecule has 1 saturated heterocycles. The number of carbonyl (C=O) groups excluding carboxylic acids is 3. The number of amides is 3. The number of hydrogen-bond donors (Lipinski definition) is 3. The van der Waals surface area contributed by atoms with E-state index in [1.165, 1.54) is 0 Å². The van der Waals surface area contributed by atoms with Crippen molar-refractivity contribution in [3.05, 3.63) is 70.0 Å². The van der Waals surface area contributed by atoms with E-state index >= 15 is 0 Å². The van der Waals surface area contributed by atoms with Crippen molar-refractivity contribution in [2.75, 3.05) is 33.4 Å². The van der Waals surface area contributed by atoms with Crippen LogP contribution in [0, 0.1) is 6.92 Å². The minimum Gasteiger partial charge on any atom is -0.496 e. The Morgan fingerprint density at radius 3 is 2.88 bits per heavy atom. The van der Waals surface area contributed by atoms with Crippen LogP contribution in [-0.4, -0.2) is 78.4 Å². The van der Waals surface area contributed by atoms with Gasteiger partial charge in [-0.05, 0) is 36.8 Å². The van der Waals surface area contributed by atoms with Gasteiger partial charge in [0.05, 0.1) is 26.4 Å². The smallest absolute Gasteiger partial charge is 0.274 e. The number of ether oxygens (including phenoxy) is 4. The number of aromatic nitrogens is 2. The van der Waals surface area contributed by atoms with E-state index in [1.807, 2.05) is 13.0 Å². The average molecular weight is 576 g/mol. The Kier molecular flexibility index (Phi) is 7.70. The predicted molar refractivity (Wildman–Crippen MR) is 150 cm³/mol. The fraction of sp³-hybridized carbons (Fsp3) is 0.400. The highest BCUT2D eigenvalue weighted by Gasteiger charge is 2.36. The van der Waals surface area contributed by atoms with Crippen LogP contribution in [0.25, 0.3) is 0 Å². The third kappa shape index (κ3) is 5.62. The summed E-state index contributed by atoms with van der Waals surface area (Å²) < 4.78 is 23.3. The third-order valence-electron chi connectivity index (χ3n) is 7.88. The summed E-state index contributed by atoms with van der Waals surface area (Å²) in [6.07, 6.45) is 0.725. The van der Waals surface area contributed by atoms with Gasteiger partial charge in [-0.1, -0.05) is 6.07 Å². The predicted octanol–water partition coefficient (Wildman–Crippen LogP) is 1.90. The number of likely N-dealkylation sites (tertiary alicyclic amines) is 1. The Morgan fingerprint density at radius 1 is 1.14 bits per heavy atom. The zero-order valence-electron chi connectivity index (χ0n) is 23.5. The molecule has 3 aromatic rings. The maximum Gasteiger partial charge on any atom is 0.274 e. The van der Waals surface area contributed by atoms with E-state index < -0.39 is 12.1 Å². The molecule has 0 unspecified atom stereocenters. The number of rotatable bonds is 2. The molecule has 3 N–H and O–H groups in total. The van der Waals surface area contributed by atoms with E-state index in [0.29, 0.717) is 61.1 Å². The molecule has 0 spiro atoms. The molecule has 1 fully saturated rings. The molecule has 12 heteroatoms. The number of aryl methyl sites for hydroxylation is 1. The molecule has 4 aliphatic heterocycles. The van der Waals surface area contributed by atoms with Gasteiger partial charge < -0.3 is 34.5 Å². The second kappa shape index (κ2) is 11.7. The topological polar surface area (TPSA) is 144 Å². The Bertz CT molecular complexity index is 1520. The molecule has 2 aromatic carbocycles. The van der Waals surface area contributed by atoms with Crippen molar-refractivity contribution < 1.29 is 33.3 Å². The SMILES string of the molecule is COc1cc2ccc1CNC(=O)COc1cc(ccc1C)C(=O)N[C@H]1CN(C(=O)c3n[nH]c4c3COCC4)CC[C@H]1O2. The average Bonchev–Trinajstić information content (AvgIpc) is 3.44. The summed E-state index contributed by atoms with van der Waals surface area (Å²) in [4.78, 5) is 41.3. The molecule has 7 rings (SSSR count). The van der Waals surface area contributed by atoms with Crippen LogP contribution in [-0.2, 0) is 29.1 Å². The lowest BCUT2D eigenvalue weighted by atomic mass is 9.99. The molecule has 0 radical (unpaired) electrons. The number of fused-ring (bicyclic) bond motifs is 8. The number of piperidine rings is 1. The van der Waals surface area contributed by atoms with Crippen LogP contribution in [0.15, 0.2) is 36.4 Å². The van der Waals surface area contributed by atoms with Gasteiger partial charge in [-0.15, -0.1) is 0 Å². The number of benzene rings is 2. The molecule has 4 aliphatic rings. The summed E-state index contributed by atoms with van der Waals surface area (Å²) in [5.41, 5.74) is 3.99. The van der Waals surface area contributed by atoms with Crippen molar-refractivity contribution in [1.29, 1.82) is 0 Å². The summed E-state index contributed by atoms with van der Waals surface area (Å²) in [6, 6.07) is 9.95. The number of carbonyl (C=O) groups is 3. The van der Waals surface area contributed by atoms with Crippen molar-refractivity contribution in [2.24, 2.45) is 0 Å². The largest absolute Gasteiger partial charge is 0.496 e. The lowest BCUT2D eigenvalue weighted by molar-refractivity contribution is -0.123. The van der Waals surface area contributed by atoms with Crippen molar-refractivity contribution in [3.8, 4) is 17.2 Å². The van der Waals surface area contributed by atoms with Crippen LogP contribution in [0.4, 0.5) is 0 Å². The molecule has 1 aromatic heterocycles. The standard InChI is InChI=1S/C30H33N5O7/c1-17-3-4-18-11-25(17)41-16-27(36)31-13-19-5-6-20(12-26(19)39-2)42-24-7-9-35(14-23(24)32-29(18)37)30(38)28-21-15-40-10-8-22(21)33-34-28/h3-6,11-12,23-24H,7-10,13-16H2,1-2H3,(H,31,36)(H,32,37)(H,33,34)/t23-,24+/m0/s1. The minimum absolute atomic E-state index is 0.209. The first-order valence-corrected chi connectivity index (χ1v) is 14.0. The molecular formula is C30H33N5O7. The maximum absolute atomic E-state index is 13.6. The zero-order valence-corrected chi connectivity index (χ0v) is 23.5. The number of nitrogens with zero attached hydrogens (tertiary/aromatic N) is 2. The van der Waals surface area contributed by atoms with Gasteiger partial charge in [0.2, 0.25) is 0 Å². The first-order chi connectivity index (χ1) is 20.4. The molecule has 220 valence electrons. The first-order valence-electron chi connectivity index (χ1n) is 14.0. The van der Waals surface area contributed by atoms with E-state index in [-0.39, 0.29) is 37.4 Å². The normalized spacial score (nSPS) is 20.7. The van der Waals surface area contributed by atoms with Crippen molar-refractivity contribution >= 4 is 17.7 Å². The van der Waals surface area contributed by atoms with Crippen LogP contribution < -0.4 is 24.8 Å². The number of nitrogens with one attached hydrogen (secondary N) is 3. The summed E-state index contributed by atoms with van der Waals surface area (Å²) >= 11 is 0. The van der Waals surface area contributed by atoms with Gasteiger partial charge in [-0.25, -0.2) is 0 Å². The third-order valence-corrected chi connectivity index (χ3v) is 7.88. The van der Waals surface area contributed by atoms with Gasteiger partial charge in [0, 0.05) is 60.9 Å². The first kappa shape index (κ1) is 27.6. The fourth-order valence-corrected chi connectivity index (χ4v) is 5.49. The second-order valence-corrected chi connectivity index (χ2v) is 10.6. The lowest BCUT2D eigenvalue weighted by Gasteiger charge is -2.38. The van der Waals surface area contributed by atoms with Crippen LogP contribution in [0.2, 0.25) is 0 Å². The number of hydrogen-bond acceptors (Lipinski definition) is 8. The Morgan fingerprint density at radius 2 is 2.02 bits per heavy atom.